The van der Waals surface area contributed by atoms with Gasteiger partial charge in [-0.2, -0.15) is 4.52 Å². The average molecular weight is 476 g/mol. The molecule has 36 heavy (non-hydrogen) atoms. The van der Waals surface area contributed by atoms with Gasteiger partial charge >= 0.3 is 0 Å². The first-order valence-electron chi connectivity index (χ1n) is 12.0. The Labute approximate surface area is 215 Å². The monoisotopic (exact) mass is 476 g/mol. The molecular formula is C24H24B4N4O4. The fourth-order valence-corrected chi connectivity index (χ4v) is 4.48. The third-order valence-corrected chi connectivity index (χ3v) is 6.87. The number of ether oxygens (including phenoxy) is 3. The van der Waals surface area contributed by atoms with E-state index in [1.54, 1.807) is 24.3 Å². The molecule has 2 aliphatic rings. The molecule has 2 aromatic heterocycles. The highest BCUT2D eigenvalue weighted by atomic mass is 16.6. The normalized spacial score (nSPS) is 18.8. The fourth-order valence-electron chi connectivity index (χ4n) is 4.48. The molecule has 0 atom stereocenters. The topological polar surface area (TPSA) is 78.2 Å². The second-order valence-electron chi connectivity index (χ2n) is 9.45. The zero-order valence-electron chi connectivity index (χ0n) is 20.7. The number of benzene rings is 1. The molecule has 8 nitrogen and oxygen atoms in total. The second-order valence-corrected chi connectivity index (χ2v) is 9.45. The molecule has 8 radical (unpaired) electrons. The first-order chi connectivity index (χ1) is 17.0. The zero-order chi connectivity index (χ0) is 25.8. The van der Waals surface area contributed by atoms with Gasteiger partial charge in [0.05, 0.1) is 0 Å². The highest BCUT2D eigenvalue weighted by molar-refractivity contribution is 6.53. The largest absolute Gasteiger partial charge is 0.501 e. The van der Waals surface area contributed by atoms with Gasteiger partial charge in [0.25, 0.3) is 5.56 Å². The molecule has 0 unspecified atom stereocenters. The smallest absolute Gasteiger partial charge is 0.274 e. The first-order valence-corrected chi connectivity index (χ1v) is 12.0. The van der Waals surface area contributed by atoms with Crippen LogP contribution in [-0.2, 0) is 6.42 Å². The van der Waals surface area contributed by atoms with Crippen molar-refractivity contribution in [3.63, 3.8) is 0 Å². The summed E-state index contributed by atoms with van der Waals surface area (Å²) in [6.45, 7) is 7.43. The van der Waals surface area contributed by atoms with Crippen LogP contribution in [0.4, 0.5) is 5.82 Å². The van der Waals surface area contributed by atoms with E-state index in [2.05, 4.69) is 15.0 Å². The summed E-state index contributed by atoms with van der Waals surface area (Å²) in [5.74, 6) is 2.02. The van der Waals surface area contributed by atoms with Gasteiger partial charge in [-0.15, -0.1) is 5.10 Å². The van der Waals surface area contributed by atoms with E-state index in [9.17, 15) is 4.79 Å². The van der Waals surface area contributed by atoms with E-state index in [1.165, 1.54) is 4.52 Å². The lowest BCUT2D eigenvalue weighted by Crippen LogP contribution is -2.65. The molecule has 4 heterocycles. The van der Waals surface area contributed by atoms with E-state index < -0.39 is 10.8 Å². The quantitative estimate of drug-likeness (QED) is 0.522. The summed E-state index contributed by atoms with van der Waals surface area (Å²) in [5.41, 5.74) is 3.18. The lowest BCUT2D eigenvalue weighted by molar-refractivity contribution is 0.0609. The predicted molar refractivity (Wildman–Crippen MR) is 140 cm³/mol. The molecule has 0 saturated carbocycles. The fraction of sp³-hybridized carbons (Fsp3) is 0.458. The summed E-state index contributed by atoms with van der Waals surface area (Å²) in [6, 6.07) is 6.62. The number of aryl methyl sites for hydroxylation is 2. The number of aromatic nitrogens is 3. The number of piperidine rings is 1. The maximum absolute atomic E-state index is 12.7. The van der Waals surface area contributed by atoms with E-state index in [0.717, 1.165) is 48.6 Å². The molecule has 1 aromatic carbocycles. The number of nitrogens with zero attached hydrogens (tertiary/aromatic N) is 4. The number of hydrogen-bond donors (Lipinski definition) is 0. The highest BCUT2D eigenvalue weighted by Crippen LogP contribution is 2.41. The van der Waals surface area contributed by atoms with Crippen LogP contribution in [-0.4, -0.2) is 76.0 Å². The summed E-state index contributed by atoms with van der Waals surface area (Å²) in [7, 11) is 23.3. The molecule has 0 N–H and O–H groups in total. The van der Waals surface area contributed by atoms with Gasteiger partial charge in [-0.3, -0.25) is 4.79 Å². The molecule has 2 aliphatic heterocycles. The Kier molecular flexibility index (Phi) is 6.04. The van der Waals surface area contributed by atoms with Crippen molar-refractivity contribution in [1.29, 1.82) is 0 Å². The van der Waals surface area contributed by atoms with Crippen LogP contribution in [0.15, 0.2) is 29.1 Å². The minimum absolute atomic E-state index is 0.0224. The Morgan fingerprint density at radius 3 is 2.36 bits per heavy atom. The Morgan fingerprint density at radius 1 is 1.03 bits per heavy atom. The SMILES string of the molecule is [B]C1([B])Oc2ccc(OC3CCN(c4nn5c(=O)cc(CC)nc5c(C)c4C)CC3)cc2OC1([B])[B]. The van der Waals surface area contributed by atoms with Gasteiger partial charge in [0, 0.05) is 65.7 Å². The summed E-state index contributed by atoms with van der Waals surface area (Å²) < 4.78 is 18.7. The van der Waals surface area contributed by atoms with Crippen molar-refractivity contribution in [1.82, 2.24) is 14.6 Å². The van der Waals surface area contributed by atoms with Crippen molar-refractivity contribution in [2.75, 3.05) is 18.0 Å². The van der Waals surface area contributed by atoms with Crippen molar-refractivity contribution >= 4 is 42.9 Å². The second kappa shape index (κ2) is 8.82. The van der Waals surface area contributed by atoms with Crippen LogP contribution in [0.1, 0.15) is 36.6 Å². The molecule has 0 bridgehead atoms. The Balaban J connectivity index is 1.30. The van der Waals surface area contributed by atoms with Crippen molar-refractivity contribution < 1.29 is 14.2 Å². The van der Waals surface area contributed by atoms with Gasteiger partial charge in [0.2, 0.25) is 0 Å². The van der Waals surface area contributed by atoms with E-state index in [4.69, 9.17) is 45.6 Å². The van der Waals surface area contributed by atoms with Gasteiger partial charge in [0.1, 0.15) is 43.2 Å². The van der Waals surface area contributed by atoms with Crippen LogP contribution < -0.4 is 24.7 Å². The van der Waals surface area contributed by atoms with E-state index in [-0.39, 0.29) is 11.7 Å². The molecule has 0 amide bonds. The minimum atomic E-state index is -1.90. The lowest BCUT2D eigenvalue weighted by atomic mass is 9.41. The molecule has 0 spiro atoms. The van der Waals surface area contributed by atoms with E-state index >= 15 is 0 Å². The van der Waals surface area contributed by atoms with Crippen LogP contribution in [0.3, 0.4) is 0 Å². The van der Waals surface area contributed by atoms with Crippen molar-refractivity contribution in [2.45, 2.75) is 56.9 Å². The maximum Gasteiger partial charge on any atom is 0.274 e. The van der Waals surface area contributed by atoms with Gasteiger partial charge in [-0.05, 0) is 32.4 Å². The third kappa shape index (κ3) is 4.24. The standard InChI is InChI=1S/C24H24B4N4O4/c1-4-15-11-20(33)32-21(29-15)13(2)14(3)22(30-32)31-9-7-16(8-10-31)34-17-5-6-18-19(12-17)36-24(27,28)23(25,26)35-18/h5-6,11-12,16H,4,7-10H2,1-3H3. The molecule has 176 valence electrons. The maximum atomic E-state index is 12.7. The van der Waals surface area contributed by atoms with Crippen molar-refractivity contribution in [3.8, 4) is 17.2 Å². The summed E-state index contributed by atoms with van der Waals surface area (Å²) in [6.07, 6.45) is 2.20. The van der Waals surface area contributed by atoms with Crippen molar-refractivity contribution in [3.05, 3.63) is 51.4 Å². The average Bonchev–Trinajstić information content (AvgIpc) is 2.82. The van der Waals surface area contributed by atoms with Crippen LogP contribution in [0.25, 0.3) is 5.65 Å². The number of anilines is 1. The molecule has 12 heteroatoms. The van der Waals surface area contributed by atoms with Gasteiger partial charge in [-0.25, -0.2) is 4.98 Å². The summed E-state index contributed by atoms with van der Waals surface area (Å²) in [4.78, 5) is 19.5. The van der Waals surface area contributed by atoms with Gasteiger partial charge in [0.15, 0.2) is 23.0 Å². The Bertz CT molecular complexity index is 1390. The molecular weight excluding hydrogens is 452 g/mol. The van der Waals surface area contributed by atoms with Gasteiger partial charge in [-0.1, -0.05) is 6.92 Å². The number of fused-ring (bicyclic) bond motifs is 2. The number of rotatable bonds is 4. The van der Waals surface area contributed by atoms with E-state index in [1.807, 2.05) is 20.8 Å². The third-order valence-electron chi connectivity index (χ3n) is 6.87. The molecule has 1 saturated heterocycles. The number of hydrogen-bond acceptors (Lipinski definition) is 7. The Hall–Kier alpha value is -3.03. The van der Waals surface area contributed by atoms with Crippen LogP contribution in [0.2, 0.25) is 0 Å². The summed E-state index contributed by atoms with van der Waals surface area (Å²) >= 11 is 0. The molecule has 1 fully saturated rings. The molecule has 0 aliphatic carbocycles. The van der Waals surface area contributed by atoms with Gasteiger partial charge < -0.3 is 19.1 Å². The first kappa shape index (κ1) is 24.7. The lowest BCUT2D eigenvalue weighted by Gasteiger charge is -2.48. The minimum Gasteiger partial charge on any atom is -0.501 e. The van der Waals surface area contributed by atoms with Crippen LogP contribution in [0.5, 0.6) is 17.2 Å². The highest BCUT2D eigenvalue weighted by Gasteiger charge is 2.43. The van der Waals surface area contributed by atoms with E-state index in [0.29, 0.717) is 29.3 Å². The van der Waals surface area contributed by atoms with Crippen molar-refractivity contribution in [2.24, 2.45) is 0 Å². The Morgan fingerprint density at radius 2 is 1.69 bits per heavy atom. The molecule has 3 aromatic rings. The molecule has 5 rings (SSSR count). The predicted octanol–water partition coefficient (Wildman–Crippen LogP) is 1.07. The zero-order valence-corrected chi connectivity index (χ0v) is 20.7. The van der Waals surface area contributed by atoms with Crippen LogP contribution in [0, 0.1) is 13.8 Å². The van der Waals surface area contributed by atoms with Crippen LogP contribution >= 0.6 is 0 Å². The summed E-state index contributed by atoms with van der Waals surface area (Å²) in [5, 5.41) is 0.896.